The van der Waals surface area contributed by atoms with E-state index in [9.17, 15) is 9.59 Å². The number of carbonyl (C=O) groups is 2. The fourth-order valence-electron chi connectivity index (χ4n) is 4.57. The molecule has 1 fully saturated rings. The molecule has 1 saturated carbocycles. The Morgan fingerprint density at radius 1 is 1.08 bits per heavy atom. The van der Waals surface area contributed by atoms with Crippen molar-refractivity contribution in [3.63, 3.8) is 0 Å². The Bertz CT molecular complexity index is 1010. The Morgan fingerprint density at radius 2 is 1.81 bits per heavy atom. The van der Waals surface area contributed by atoms with Crippen molar-refractivity contribution in [3.05, 3.63) is 58.6 Å². The molecule has 0 aliphatic heterocycles. The Labute approximate surface area is 224 Å². The van der Waals surface area contributed by atoms with Crippen molar-refractivity contribution in [2.75, 3.05) is 19.6 Å². The number of carbonyl (C=O) groups excluding carboxylic acids is 2. The Balaban J connectivity index is 2.02. The monoisotopic (exact) mass is 534 g/mol. The van der Waals surface area contributed by atoms with Gasteiger partial charge < -0.3 is 19.7 Å². The van der Waals surface area contributed by atoms with Gasteiger partial charge in [-0.2, -0.15) is 0 Å². The molecule has 196 valence electrons. The molecule has 6 nitrogen and oxygen atoms in total. The van der Waals surface area contributed by atoms with Crippen LogP contribution in [0.4, 0.5) is 0 Å². The van der Waals surface area contributed by atoms with Crippen LogP contribution in [0.25, 0.3) is 0 Å². The summed E-state index contributed by atoms with van der Waals surface area (Å²) < 4.78 is 11.4. The molecule has 0 radical (unpaired) electrons. The van der Waals surface area contributed by atoms with Crippen LogP contribution in [0, 0.1) is 0 Å². The van der Waals surface area contributed by atoms with Gasteiger partial charge >= 0.3 is 0 Å². The maximum absolute atomic E-state index is 13.9. The number of hydrogen-bond donors (Lipinski definition) is 1. The lowest BCUT2D eigenvalue weighted by atomic mass is 10.0. The van der Waals surface area contributed by atoms with Crippen LogP contribution in [-0.2, 0) is 16.1 Å². The predicted octanol–water partition coefficient (Wildman–Crippen LogP) is 6.29. The van der Waals surface area contributed by atoms with Crippen LogP contribution in [0.3, 0.4) is 0 Å². The standard InChI is InChI=1S/C28H36Cl2N2O4/c1-3-16-36-24-15-14-20(17-25(24)35-2)27(28(34)31-22-11-6-4-5-7-12-22)32(26(33)18-29)19-21-10-8-9-13-23(21)30/h8-10,13-15,17,22,27H,3-7,11-12,16,18-19H2,1-2H3,(H,31,34)/t27-/m1/s1. The lowest BCUT2D eigenvalue weighted by Gasteiger charge is -2.33. The molecule has 0 heterocycles. The number of halogens is 2. The third-order valence-corrected chi connectivity index (χ3v) is 7.06. The van der Waals surface area contributed by atoms with Gasteiger partial charge in [0.05, 0.1) is 13.7 Å². The molecular formula is C28H36Cl2N2O4. The van der Waals surface area contributed by atoms with Gasteiger partial charge in [-0.3, -0.25) is 9.59 Å². The van der Waals surface area contributed by atoms with Crippen molar-refractivity contribution in [1.82, 2.24) is 10.2 Å². The molecule has 0 saturated heterocycles. The molecular weight excluding hydrogens is 499 g/mol. The molecule has 2 amide bonds. The fraction of sp³-hybridized carbons (Fsp3) is 0.500. The Kier molecular flexibility index (Phi) is 11.2. The first-order valence-corrected chi connectivity index (χ1v) is 13.6. The highest BCUT2D eigenvalue weighted by Crippen LogP contribution is 2.34. The zero-order valence-electron chi connectivity index (χ0n) is 21.1. The number of hydrogen-bond acceptors (Lipinski definition) is 4. The number of methoxy groups -OCH3 is 1. The molecule has 0 bridgehead atoms. The molecule has 1 atom stereocenters. The summed E-state index contributed by atoms with van der Waals surface area (Å²) in [4.78, 5) is 28.5. The SMILES string of the molecule is CCCOc1ccc([C@H](C(=O)NC2CCCCCC2)N(Cc2ccccc2Cl)C(=O)CCl)cc1OC. The van der Waals surface area contributed by atoms with E-state index in [1.54, 1.807) is 25.3 Å². The van der Waals surface area contributed by atoms with E-state index in [0.717, 1.165) is 37.7 Å². The molecule has 2 aromatic carbocycles. The van der Waals surface area contributed by atoms with Crippen molar-refractivity contribution >= 4 is 35.0 Å². The summed E-state index contributed by atoms with van der Waals surface area (Å²) >= 11 is 12.5. The van der Waals surface area contributed by atoms with Crippen LogP contribution < -0.4 is 14.8 Å². The molecule has 0 aromatic heterocycles. The summed E-state index contributed by atoms with van der Waals surface area (Å²) in [6.07, 6.45) is 7.23. The predicted molar refractivity (Wildman–Crippen MR) is 144 cm³/mol. The minimum atomic E-state index is -0.912. The van der Waals surface area contributed by atoms with Gasteiger partial charge in [0, 0.05) is 17.6 Å². The highest BCUT2D eigenvalue weighted by Gasteiger charge is 2.33. The second-order valence-electron chi connectivity index (χ2n) is 9.11. The quantitative estimate of drug-likeness (QED) is 0.272. The second-order valence-corrected chi connectivity index (χ2v) is 9.78. The molecule has 1 N–H and O–H groups in total. The molecule has 36 heavy (non-hydrogen) atoms. The summed E-state index contributed by atoms with van der Waals surface area (Å²) in [5.41, 5.74) is 1.35. The third kappa shape index (κ3) is 7.53. The summed E-state index contributed by atoms with van der Waals surface area (Å²) in [6.45, 7) is 2.72. The first kappa shape index (κ1) is 28.1. The zero-order valence-corrected chi connectivity index (χ0v) is 22.6. The van der Waals surface area contributed by atoms with Gasteiger partial charge in [0.25, 0.3) is 0 Å². The average molecular weight is 536 g/mol. The minimum Gasteiger partial charge on any atom is -0.493 e. The van der Waals surface area contributed by atoms with Gasteiger partial charge in [-0.25, -0.2) is 0 Å². The molecule has 2 aromatic rings. The van der Waals surface area contributed by atoms with Gasteiger partial charge in [-0.1, -0.05) is 68.5 Å². The van der Waals surface area contributed by atoms with E-state index in [1.807, 2.05) is 31.2 Å². The number of benzene rings is 2. The van der Waals surface area contributed by atoms with Crippen LogP contribution in [0.2, 0.25) is 5.02 Å². The molecule has 0 unspecified atom stereocenters. The summed E-state index contributed by atoms with van der Waals surface area (Å²) in [6, 6.07) is 11.8. The van der Waals surface area contributed by atoms with E-state index in [-0.39, 0.29) is 30.3 Å². The van der Waals surface area contributed by atoms with Gasteiger partial charge in [0.2, 0.25) is 11.8 Å². The van der Waals surface area contributed by atoms with Crippen LogP contribution in [0.1, 0.15) is 69.0 Å². The minimum absolute atomic E-state index is 0.0739. The zero-order chi connectivity index (χ0) is 25.9. The number of amides is 2. The maximum atomic E-state index is 13.9. The van der Waals surface area contributed by atoms with Gasteiger partial charge in [-0.15, -0.1) is 11.6 Å². The summed E-state index contributed by atoms with van der Waals surface area (Å²) in [5.74, 6) is 0.239. The first-order valence-electron chi connectivity index (χ1n) is 12.7. The molecule has 8 heteroatoms. The number of rotatable bonds is 11. The van der Waals surface area contributed by atoms with Crippen molar-refractivity contribution in [3.8, 4) is 11.5 Å². The molecule has 1 aliphatic carbocycles. The van der Waals surface area contributed by atoms with E-state index >= 15 is 0 Å². The lowest BCUT2D eigenvalue weighted by molar-refractivity contribution is -0.140. The lowest BCUT2D eigenvalue weighted by Crippen LogP contribution is -2.46. The van der Waals surface area contributed by atoms with Crippen LogP contribution in [-0.4, -0.2) is 42.4 Å². The van der Waals surface area contributed by atoms with Crippen molar-refractivity contribution in [2.45, 2.75) is 70.5 Å². The summed E-state index contributed by atoms with van der Waals surface area (Å²) in [5, 5.41) is 3.74. The largest absolute Gasteiger partial charge is 0.493 e. The Hall–Kier alpha value is -2.44. The van der Waals surface area contributed by atoms with Gasteiger partial charge in [0.1, 0.15) is 11.9 Å². The van der Waals surface area contributed by atoms with Gasteiger partial charge in [-0.05, 0) is 48.6 Å². The van der Waals surface area contributed by atoms with Gasteiger partial charge in [0.15, 0.2) is 11.5 Å². The second kappa shape index (κ2) is 14.3. The van der Waals surface area contributed by atoms with E-state index < -0.39 is 6.04 Å². The van der Waals surface area contributed by atoms with Crippen molar-refractivity contribution in [1.29, 1.82) is 0 Å². The number of ether oxygens (including phenoxy) is 2. The highest BCUT2D eigenvalue weighted by molar-refractivity contribution is 6.31. The van der Waals surface area contributed by atoms with Crippen molar-refractivity contribution < 1.29 is 19.1 Å². The van der Waals surface area contributed by atoms with Crippen LogP contribution in [0.15, 0.2) is 42.5 Å². The van der Waals surface area contributed by atoms with Crippen LogP contribution in [0.5, 0.6) is 11.5 Å². The molecule has 3 rings (SSSR count). The first-order chi connectivity index (χ1) is 17.5. The average Bonchev–Trinajstić information content (AvgIpc) is 3.16. The Morgan fingerprint density at radius 3 is 2.44 bits per heavy atom. The smallest absolute Gasteiger partial charge is 0.247 e. The van der Waals surface area contributed by atoms with E-state index in [2.05, 4.69) is 5.32 Å². The van der Waals surface area contributed by atoms with E-state index in [1.165, 1.54) is 17.7 Å². The van der Waals surface area contributed by atoms with Crippen molar-refractivity contribution in [2.24, 2.45) is 0 Å². The normalized spacial score (nSPS) is 15.0. The topological polar surface area (TPSA) is 67.9 Å². The summed E-state index contributed by atoms with van der Waals surface area (Å²) in [7, 11) is 1.56. The molecule has 0 spiro atoms. The maximum Gasteiger partial charge on any atom is 0.247 e. The number of nitrogens with one attached hydrogen (secondary N) is 1. The van der Waals surface area contributed by atoms with Crippen LogP contribution >= 0.6 is 23.2 Å². The van der Waals surface area contributed by atoms with E-state index in [4.69, 9.17) is 32.7 Å². The number of alkyl halides is 1. The van der Waals surface area contributed by atoms with E-state index in [0.29, 0.717) is 28.7 Å². The third-order valence-electron chi connectivity index (χ3n) is 6.46. The number of nitrogens with zero attached hydrogens (tertiary/aromatic N) is 1. The fourth-order valence-corrected chi connectivity index (χ4v) is 4.92. The molecule has 1 aliphatic rings. The highest BCUT2D eigenvalue weighted by atomic mass is 35.5.